The minimum absolute atomic E-state index is 0.511. The fourth-order valence-electron chi connectivity index (χ4n) is 2.28. The van der Waals surface area contributed by atoms with Crippen molar-refractivity contribution in [2.24, 2.45) is 0 Å². The first-order valence-corrected chi connectivity index (χ1v) is 6.23. The molecule has 0 unspecified atom stereocenters. The zero-order valence-corrected chi connectivity index (χ0v) is 10.7. The summed E-state index contributed by atoms with van der Waals surface area (Å²) in [5.74, 6) is 0.722. The fourth-order valence-corrected chi connectivity index (χ4v) is 2.28. The van der Waals surface area contributed by atoms with Crippen LogP contribution in [0.5, 0.6) is 0 Å². The number of tetrazole rings is 1. The Bertz CT molecular complexity index is 565. The molecule has 0 saturated carbocycles. The van der Waals surface area contributed by atoms with Gasteiger partial charge in [0, 0.05) is 39.6 Å². The number of hydrogen-bond acceptors (Lipinski definition) is 7. The van der Waals surface area contributed by atoms with E-state index in [1.165, 1.54) is 4.63 Å². The molecular weight excluding hydrogens is 248 g/mol. The Morgan fingerprint density at radius 1 is 1.42 bits per heavy atom. The van der Waals surface area contributed by atoms with E-state index in [0.717, 1.165) is 5.82 Å². The molecule has 0 aliphatic carbocycles. The van der Waals surface area contributed by atoms with Gasteiger partial charge in [0.1, 0.15) is 0 Å². The second kappa shape index (κ2) is 4.71. The van der Waals surface area contributed by atoms with Crippen molar-refractivity contribution in [3.8, 4) is 0 Å². The number of fused-ring (bicyclic) bond motifs is 1. The standard InChI is InChI=1S/C11H16N6O2/c1-16(8-11(18)4-6-19-7-5-11)10-3-2-9-12-14-15-17(9)13-10/h2-3,18H,4-8H2,1H3. The van der Waals surface area contributed by atoms with Crippen molar-refractivity contribution in [2.45, 2.75) is 18.4 Å². The van der Waals surface area contributed by atoms with Gasteiger partial charge in [-0.15, -0.1) is 14.8 Å². The Balaban J connectivity index is 1.77. The van der Waals surface area contributed by atoms with E-state index in [-0.39, 0.29) is 0 Å². The zero-order chi connectivity index (χ0) is 13.3. The van der Waals surface area contributed by atoms with Crippen molar-refractivity contribution in [3.63, 3.8) is 0 Å². The van der Waals surface area contributed by atoms with Gasteiger partial charge in [-0.05, 0) is 22.6 Å². The highest BCUT2D eigenvalue weighted by atomic mass is 16.5. The van der Waals surface area contributed by atoms with E-state index in [1.54, 1.807) is 6.07 Å². The Morgan fingerprint density at radius 3 is 3.00 bits per heavy atom. The van der Waals surface area contributed by atoms with Crippen LogP contribution in [0.3, 0.4) is 0 Å². The van der Waals surface area contributed by atoms with Crippen molar-refractivity contribution in [3.05, 3.63) is 12.1 Å². The lowest BCUT2D eigenvalue weighted by Crippen LogP contribution is -2.46. The Morgan fingerprint density at radius 2 is 2.21 bits per heavy atom. The Kier molecular flexibility index (Phi) is 3.03. The van der Waals surface area contributed by atoms with Gasteiger partial charge in [0.25, 0.3) is 0 Å². The molecule has 0 aromatic carbocycles. The lowest BCUT2D eigenvalue weighted by molar-refractivity contribution is -0.0573. The minimum Gasteiger partial charge on any atom is -0.388 e. The molecule has 1 fully saturated rings. The van der Waals surface area contributed by atoms with Crippen LogP contribution < -0.4 is 4.90 Å². The quantitative estimate of drug-likeness (QED) is 0.799. The number of rotatable bonds is 3. The van der Waals surface area contributed by atoms with Crippen LogP contribution in [-0.2, 0) is 4.74 Å². The van der Waals surface area contributed by atoms with Gasteiger partial charge < -0.3 is 14.7 Å². The van der Waals surface area contributed by atoms with Crippen molar-refractivity contribution in [1.82, 2.24) is 25.3 Å². The number of ether oxygens (including phenoxy) is 1. The summed E-state index contributed by atoms with van der Waals surface area (Å²) in [6.07, 6.45) is 1.29. The predicted octanol–water partition coefficient (Wildman–Crippen LogP) is -0.503. The summed E-state index contributed by atoms with van der Waals surface area (Å²) in [6, 6.07) is 3.64. The van der Waals surface area contributed by atoms with Crippen LogP contribution in [0.2, 0.25) is 0 Å². The highest BCUT2D eigenvalue weighted by Gasteiger charge is 2.31. The first-order valence-electron chi connectivity index (χ1n) is 6.23. The normalized spacial score (nSPS) is 18.6. The van der Waals surface area contributed by atoms with Gasteiger partial charge >= 0.3 is 0 Å². The van der Waals surface area contributed by atoms with E-state index in [1.807, 2.05) is 18.0 Å². The van der Waals surface area contributed by atoms with Crippen LogP contribution in [0.4, 0.5) is 5.82 Å². The fraction of sp³-hybridized carbons (Fsp3) is 0.636. The number of anilines is 1. The lowest BCUT2D eigenvalue weighted by atomic mass is 9.94. The highest BCUT2D eigenvalue weighted by molar-refractivity contribution is 5.43. The van der Waals surface area contributed by atoms with Crippen LogP contribution in [0, 0.1) is 0 Å². The van der Waals surface area contributed by atoms with Crippen molar-refractivity contribution < 1.29 is 9.84 Å². The summed E-state index contributed by atoms with van der Waals surface area (Å²) in [4.78, 5) is 1.91. The molecule has 0 bridgehead atoms. The first kappa shape index (κ1) is 12.2. The van der Waals surface area contributed by atoms with Crippen molar-refractivity contribution in [1.29, 1.82) is 0 Å². The molecule has 8 nitrogen and oxygen atoms in total. The maximum absolute atomic E-state index is 10.5. The summed E-state index contributed by atoms with van der Waals surface area (Å²) in [5, 5.41) is 25.9. The highest BCUT2D eigenvalue weighted by Crippen LogP contribution is 2.23. The third-order valence-corrected chi connectivity index (χ3v) is 3.40. The topological polar surface area (TPSA) is 88.7 Å². The summed E-state index contributed by atoms with van der Waals surface area (Å²) in [6.45, 7) is 1.71. The summed E-state index contributed by atoms with van der Waals surface area (Å²) < 4.78 is 6.65. The van der Waals surface area contributed by atoms with E-state index >= 15 is 0 Å². The Labute approximate surface area is 110 Å². The van der Waals surface area contributed by atoms with Gasteiger partial charge in [-0.1, -0.05) is 0 Å². The summed E-state index contributed by atoms with van der Waals surface area (Å²) in [7, 11) is 1.89. The first-order chi connectivity index (χ1) is 9.16. The van der Waals surface area contributed by atoms with E-state index in [0.29, 0.717) is 38.2 Å². The average Bonchev–Trinajstić information content (AvgIpc) is 2.86. The van der Waals surface area contributed by atoms with Crippen LogP contribution in [0.1, 0.15) is 12.8 Å². The zero-order valence-electron chi connectivity index (χ0n) is 10.7. The molecule has 0 amide bonds. The SMILES string of the molecule is CN(CC1(O)CCOCC1)c1ccc2nnnn2n1. The molecule has 0 radical (unpaired) electrons. The molecule has 102 valence electrons. The molecule has 1 aliphatic heterocycles. The summed E-state index contributed by atoms with van der Waals surface area (Å²) >= 11 is 0. The number of aromatic nitrogens is 5. The van der Waals surface area contributed by atoms with Gasteiger partial charge in [0.15, 0.2) is 11.5 Å². The van der Waals surface area contributed by atoms with Gasteiger partial charge in [-0.2, -0.15) is 0 Å². The van der Waals surface area contributed by atoms with Crippen LogP contribution in [0.25, 0.3) is 5.65 Å². The number of hydrogen-bond donors (Lipinski definition) is 1. The van der Waals surface area contributed by atoms with Crippen molar-refractivity contribution in [2.75, 3.05) is 31.7 Å². The third-order valence-electron chi connectivity index (χ3n) is 3.40. The summed E-state index contributed by atoms with van der Waals surface area (Å²) in [5.41, 5.74) is -0.119. The molecule has 2 aromatic rings. The molecule has 8 heteroatoms. The Hall–Kier alpha value is -1.80. The van der Waals surface area contributed by atoms with Crippen LogP contribution in [-0.4, -0.2) is 62.8 Å². The monoisotopic (exact) mass is 264 g/mol. The van der Waals surface area contributed by atoms with Crippen molar-refractivity contribution >= 4 is 11.5 Å². The largest absolute Gasteiger partial charge is 0.388 e. The molecule has 0 spiro atoms. The van der Waals surface area contributed by atoms with E-state index in [4.69, 9.17) is 4.74 Å². The lowest BCUT2D eigenvalue weighted by Gasteiger charge is -2.35. The molecule has 3 heterocycles. The van der Waals surface area contributed by atoms with Gasteiger partial charge in [-0.25, -0.2) is 0 Å². The third kappa shape index (κ3) is 2.49. The molecule has 2 aromatic heterocycles. The van der Waals surface area contributed by atoms with Gasteiger partial charge in [-0.3, -0.25) is 0 Å². The van der Waals surface area contributed by atoms with E-state index in [9.17, 15) is 5.11 Å². The smallest absolute Gasteiger partial charge is 0.200 e. The second-order valence-electron chi connectivity index (χ2n) is 4.91. The maximum Gasteiger partial charge on any atom is 0.200 e. The molecule has 1 saturated heterocycles. The minimum atomic E-state index is -0.718. The number of aliphatic hydroxyl groups is 1. The maximum atomic E-state index is 10.5. The second-order valence-corrected chi connectivity index (χ2v) is 4.91. The van der Waals surface area contributed by atoms with Crippen LogP contribution >= 0.6 is 0 Å². The van der Waals surface area contributed by atoms with E-state index < -0.39 is 5.60 Å². The molecule has 1 N–H and O–H groups in total. The molecular formula is C11H16N6O2. The molecule has 3 rings (SSSR count). The number of likely N-dealkylation sites (N-methyl/N-ethyl adjacent to an activating group) is 1. The number of nitrogens with zero attached hydrogens (tertiary/aromatic N) is 6. The molecule has 1 aliphatic rings. The average molecular weight is 264 g/mol. The van der Waals surface area contributed by atoms with Crippen LogP contribution in [0.15, 0.2) is 12.1 Å². The van der Waals surface area contributed by atoms with Gasteiger partial charge in [0.2, 0.25) is 0 Å². The molecule has 0 atom stereocenters. The molecule has 19 heavy (non-hydrogen) atoms. The van der Waals surface area contributed by atoms with E-state index in [2.05, 4.69) is 20.6 Å². The predicted molar refractivity (Wildman–Crippen MR) is 66.8 cm³/mol. The van der Waals surface area contributed by atoms with Gasteiger partial charge in [0.05, 0.1) is 5.60 Å².